The molecule has 4 fully saturated rings. The molecular weight excluding hydrogens is 612 g/mol. The van der Waals surface area contributed by atoms with Crippen LogP contribution in [0.25, 0.3) is 11.0 Å². The number of esters is 4. The second kappa shape index (κ2) is 8.87. The highest BCUT2D eigenvalue weighted by Crippen LogP contribution is 2.68. The van der Waals surface area contributed by atoms with E-state index in [4.69, 9.17) is 28.1 Å². The summed E-state index contributed by atoms with van der Waals surface area (Å²) in [5.74, 6) is -3.18. The topological polar surface area (TPSA) is 165 Å². The van der Waals surface area contributed by atoms with Gasteiger partial charge in [-0.2, -0.15) is 0 Å². The number of aromatic hydroxyl groups is 1. The third-order valence-corrected chi connectivity index (χ3v) is 13.1. The van der Waals surface area contributed by atoms with Gasteiger partial charge in [0.2, 0.25) is 11.2 Å². The van der Waals surface area contributed by atoms with Gasteiger partial charge in [-0.1, -0.05) is 27.7 Å². The smallest absolute Gasteiger partial charge is 0.351 e. The maximum Gasteiger partial charge on any atom is 0.351 e. The van der Waals surface area contributed by atoms with Crippen LogP contribution >= 0.6 is 0 Å². The molecule has 2 aromatic rings. The van der Waals surface area contributed by atoms with Crippen molar-refractivity contribution in [3.05, 3.63) is 33.7 Å². The molecule has 252 valence electrons. The van der Waals surface area contributed by atoms with Crippen molar-refractivity contribution in [2.24, 2.45) is 21.7 Å². The maximum absolute atomic E-state index is 14.5. The van der Waals surface area contributed by atoms with E-state index in [0.29, 0.717) is 23.8 Å². The van der Waals surface area contributed by atoms with Crippen LogP contribution in [0, 0.1) is 28.6 Å². The van der Waals surface area contributed by atoms with Crippen molar-refractivity contribution in [2.75, 3.05) is 0 Å². The molecule has 4 bridgehead atoms. The van der Waals surface area contributed by atoms with Crippen LogP contribution in [0.2, 0.25) is 0 Å². The molecule has 0 spiro atoms. The summed E-state index contributed by atoms with van der Waals surface area (Å²) >= 11 is 0. The molecule has 0 amide bonds. The van der Waals surface area contributed by atoms with Gasteiger partial charge in [-0.3, -0.25) is 9.59 Å². The van der Waals surface area contributed by atoms with Gasteiger partial charge in [0.15, 0.2) is 23.7 Å². The maximum atomic E-state index is 14.5. The van der Waals surface area contributed by atoms with Gasteiger partial charge >= 0.3 is 29.5 Å². The number of phenolic OH excluding ortho intramolecular Hbond substituents is 1. The number of ether oxygens (including phenoxy) is 5. The minimum Gasteiger partial charge on any atom is -0.504 e. The first-order valence-corrected chi connectivity index (χ1v) is 16.0. The lowest BCUT2D eigenvalue weighted by Crippen LogP contribution is -2.57. The number of fused-ring (bicyclic) bond motifs is 7. The molecule has 4 unspecified atom stereocenters. The Kier molecular flexibility index (Phi) is 5.95. The predicted octanol–water partition coefficient (Wildman–Crippen LogP) is 4.72. The van der Waals surface area contributed by atoms with Crippen molar-refractivity contribution < 1.29 is 52.4 Å². The average Bonchev–Trinajstić information content (AvgIpc) is 3.43. The van der Waals surface area contributed by atoms with Gasteiger partial charge < -0.3 is 33.2 Å². The molecule has 1 aromatic heterocycles. The monoisotopic (exact) mass is 652 g/mol. The first kappa shape index (κ1) is 31.5. The zero-order valence-corrected chi connectivity index (χ0v) is 28.1. The Bertz CT molecular complexity index is 1880. The van der Waals surface area contributed by atoms with E-state index in [1.807, 2.05) is 0 Å². The van der Waals surface area contributed by atoms with Crippen LogP contribution in [-0.2, 0) is 38.1 Å². The van der Waals surface area contributed by atoms with E-state index in [2.05, 4.69) is 0 Å². The highest BCUT2D eigenvalue weighted by Gasteiger charge is 2.78. The number of phenols is 1. The molecule has 2 saturated heterocycles. The van der Waals surface area contributed by atoms with Gasteiger partial charge in [-0.15, -0.1) is 0 Å². The minimum atomic E-state index is -1.66. The second-order valence-corrected chi connectivity index (χ2v) is 16.0. The van der Waals surface area contributed by atoms with Crippen molar-refractivity contribution in [1.82, 2.24) is 0 Å². The quantitative estimate of drug-likeness (QED) is 0.275. The third-order valence-electron chi connectivity index (χ3n) is 13.1. The van der Waals surface area contributed by atoms with Crippen LogP contribution in [-0.4, -0.2) is 51.9 Å². The number of benzene rings is 1. The van der Waals surface area contributed by atoms with Crippen LogP contribution in [0.3, 0.4) is 0 Å². The third kappa shape index (κ3) is 3.46. The molecule has 2 aliphatic carbocycles. The Hall–Kier alpha value is -4.09. The molecule has 47 heavy (non-hydrogen) atoms. The largest absolute Gasteiger partial charge is 0.504 e. The molecule has 4 heterocycles. The van der Waals surface area contributed by atoms with Crippen molar-refractivity contribution in [1.29, 1.82) is 0 Å². The Morgan fingerprint density at radius 3 is 1.74 bits per heavy atom. The molecule has 1 aromatic carbocycles. The molecule has 1 N–H and O–H groups in total. The Morgan fingerprint density at radius 2 is 1.28 bits per heavy atom. The lowest BCUT2D eigenvalue weighted by molar-refractivity contribution is -0.217. The molecule has 2 saturated carbocycles. The minimum absolute atomic E-state index is 0.0259. The van der Waals surface area contributed by atoms with E-state index in [1.54, 1.807) is 62.3 Å². The number of carbonyl (C=O) groups excluding carboxylic acids is 4. The van der Waals surface area contributed by atoms with Gasteiger partial charge in [0.1, 0.15) is 11.2 Å². The number of aryl methyl sites for hydroxylation is 1. The van der Waals surface area contributed by atoms with Gasteiger partial charge in [0.05, 0.1) is 16.4 Å². The normalized spacial score (nSPS) is 36.8. The van der Waals surface area contributed by atoms with E-state index >= 15 is 0 Å². The molecular formula is C35H40O12. The second-order valence-electron chi connectivity index (χ2n) is 16.0. The summed E-state index contributed by atoms with van der Waals surface area (Å²) in [6.45, 7) is 15.5. The van der Waals surface area contributed by atoms with Crippen LogP contribution < -0.4 is 10.4 Å². The van der Waals surface area contributed by atoms with E-state index in [9.17, 15) is 29.1 Å². The highest BCUT2D eigenvalue weighted by molar-refractivity contribution is 5.95. The Morgan fingerprint density at radius 1 is 0.766 bits per heavy atom. The lowest BCUT2D eigenvalue weighted by Gasteiger charge is -2.46. The standard InChI is InChI=1S/C35H40O12/c1-16-14-19(37)42-21-17(16)15-18(36)22-20(21)23(43-27(40)34-12-10-32(8,25(38)46-34)30(34,4)5)24(29(2,3)45-22)44-28(41)35-13-11-33(9,26(39)47-35)31(35,6)7/h14-15,23-24,36H,10-13H2,1-9H3/t23-,24-,32?,33?,34?,35?/m1/s1. The molecule has 0 radical (unpaired) electrons. The first-order chi connectivity index (χ1) is 21.6. The first-order valence-electron chi connectivity index (χ1n) is 16.0. The van der Waals surface area contributed by atoms with Gasteiger partial charge in [-0.25, -0.2) is 14.4 Å². The lowest BCUT2D eigenvalue weighted by atomic mass is 9.66. The van der Waals surface area contributed by atoms with Crippen LogP contribution in [0.1, 0.15) is 98.3 Å². The molecule has 12 heteroatoms. The fraction of sp³-hybridized carbons (Fsp3) is 0.629. The SMILES string of the molecule is Cc1cc(=O)oc2c3c(c(O)cc12)OC(C)(C)[C@H](OC(=O)C12CCC(C)(C(=O)O1)C2(C)C)[C@@H]3OC(=O)C12CCC(C)(C(=O)O1)C2(C)C. The van der Waals surface area contributed by atoms with E-state index in [-0.39, 0.29) is 35.5 Å². The predicted molar refractivity (Wildman–Crippen MR) is 162 cm³/mol. The molecule has 5 aliphatic rings. The summed E-state index contributed by atoms with van der Waals surface area (Å²) in [5.41, 5.74) is -8.80. The fourth-order valence-electron chi connectivity index (χ4n) is 8.79. The Balaban J connectivity index is 1.39. The van der Waals surface area contributed by atoms with E-state index < -0.39 is 80.2 Å². The van der Waals surface area contributed by atoms with E-state index in [1.165, 1.54) is 12.1 Å². The molecule has 7 rings (SSSR count). The van der Waals surface area contributed by atoms with Gasteiger partial charge in [0, 0.05) is 22.3 Å². The van der Waals surface area contributed by atoms with Gasteiger partial charge in [0.25, 0.3) is 0 Å². The number of hydrogen-bond donors (Lipinski definition) is 1. The van der Waals surface area contributed by atoms with Crippen LogP contribution in [0.5, 0.6) is 11.5 Å². The summed E-state index contributed by atoms with van der Waals surface area (Å²) in [7, 11) is 0. The Labute approximate surface area is 271 Å². The molecule has 3 aliphatic heterocycles. The zero-order chi connectivity index (χ0) is 34.5. The van der Waals surface area contributed by atoms with Crippen LogP contribution in [0.4, 0.5) is 0 Å². The average molecular weight is 653 g/mol. The van der Waals surface area contributed by atoms with Crippen molar-refractivity contribution in [3.8, 4) is 11.5 Å². The summed E-state index contributed by atoms with van der Waals surface area (Å²) in [6.07, 6.45) is -1.72. The number of rotatable bonds is 4. The summed E-state index contributed by atoms with van der Waals surface area (Å²) in [5, 5.41) is 11.6. The van der Waals surface area contributed by atoms with Crippen molar-refractivity contribution in [3.63, 3.8) is 0 Å². The zero-order valence-electron chi connectivity index (χ0n) is 28.1. The van der Waals surface area contributed by atoms with E-state index in [0.717, 1.165) is 0 Å². The summed E-state index contributed by atoms with van der Waals surface area (Å²) < 4.78 is 36.1. The number of hydrogen-bond acceptors (Lipinski definition) is 12. The fourth-order valence-corrected chi connectivity index (χ4v) is 8.79. The molecule has 6 atom stereocenters. The van der Waals surface area contributed by atoms with Crippen molar-refractivity contribution >= 4 is 34.8 Å². The van der Waals surface area contributed by atoms with Crippen LogP contribution in [0.15, 0.2) is 21.3 Å². The highest BCUT2D eigenvalue weighted by atomic mass is 16.7. The summed E-state index contributed by atoms with van der Waals surface area (Å²) in [6, 6.07) is 2.64. The van der Waals surface area contributed by atoms with Crippen molar-refractivity contribution in [2.45, 2.75) is 117 Å². The summed E-state index contributed by atoms with van der Waals surface area (Å²) in [4.78, 5) is 67.6. The van der Waals surface area contributed by atoms with Gasteiger partial charge in [-0.05, 0) is 71.9 Å². The molecule has 12 nitrogen and oxygen atoms in total. The number of carbonyl (C=O) groups is 4.